The van der Waals surface area contributed by atoms with Crippen LogP contribution in [0.3, 0.4) is 0 Å². The lowest BCUT2D eigenvalue weighted by molar-refractivity contribution is -0.0577. The summed E-state index contributed by atoms with van der Waals surface area (Å²) < 4.78 is 7.49. The number of ether oxygens (including phenoxy) is 1. The van der Waals surface area contributed by atoms with Crippen LogP contribution in [0.25, 0.3) is 0 Å². The third-order valence-electron chi connectivity index (χ3n) is 13.0. The first-order chi connectivity index (χ1) is 22.0. The Morgan fingerprint density at radius 2 is 1.83 bits per heavy atom. The van der Waals surface area contributed by atoms with Crippen molar-refractivity contribution in [2.45, 2.75) is 118 Å². The molecule has 0 bridgehead atoms. The van der Waals surface area contributed by atoms with E-state index in [-0.39, 0.29) is 23.0 Å². The Labute approximate surface area is 275 Å². The van der Waals surface area contributed by atoms with Crippen molar-refractivity contribution >= 4 is 17.6 Å². The number of anilines is 2. The maximum absolute atomic E-state index is 12.9. The van der Waals surface area contributed by atoms with Crippen LogP contribution >= 0.6 is 0 Å². The zero-order valence-corrected chi connectivity index (χ0v) is 28.8. The number of benzene rings is 1. The van der Waals surface area contributed by atoms with Crippen LogP contribution < -0.4 is 16.7 Å². The van der Waals surface area contributed by atoms with E-state index in [1.807, 2.05) is 24.3 Å². The second-order valence-corrected chi connectivity index (χ2v) is 16.1. The molecule has 3 N–H and O–H groups in total. The van der Waals surface area contributed by atoms with Gasteiger partial charge in [-0.05, 0) is 115 Å². The van der Waals surface area contributed by atoms with Gasteiger partial charge in [0, 0.05) is 18.3 Å². The molecule has 4 aliphatic carbocycles. The van der Waals surface area contributed by atoms with Crippen LogP contribution in [-0.2, 0) is 11.3 Å². The van der Waals surface area contributed by atoms with Gasteiger partial charge in [-0.3, -0.25) is 9.88 Å². The van der Waals surface area contributed by atoms with Gasteiger partial charge in [-0.2, -0.15) is 4.98 Å². The van der Waals surface area contributed by atoms with E-state index in [9.17, 15) is 9.59 Å². The Kier molecular flexibility index (Phi) is 9.42. The highest BCUT2D eigenvalue weighted by molar-refractivity contribution is 5.84. The molecule has 4 aliphatic rings. The molecule has 250 valence electrons. The van der Waals surface area contributed by atoms with Gasteiger partial charge in [0.25, 0.3) is 0 Å². The summed E-state index contributed by atoms with van der Waals surface area (Å²) in [6, 6.07) is 9.07. The number of rotatable bonds is 9. The number of nitrogen functional groups attached to an aromatic ring is 1. The first kappa shape index (κ1) is 32.8. The van der Waals surface area contributed by atoms with Crippen molar-refractivity contribution in [1.82, 2.24) is 9.55 Å². The second-order valence-electron chi connectivity index (χ2n) is 16.1. The summed E-state index contributed by atoms with van der Waals surface area (Å²) in [5.74, 6) is 5.16. The molecule has 46 heavy (non-hydrogen) atoms. The van der Waals surface area contributed by atoms with Crippen molar-refractivity contribution in [2.75, 3.05) is 11.1 Å². The number of amides is 1. The van der Waals surface area contributed by atoms with Crippen LogP contribution in [0.5, 0.6) is 0 Å². The molecule has 0 aliphatic heterocycles. The summed E-state index contributed by atoms with van der Waals surface area (Å²) in [5.41, 5.74) is 9.08. The van der Waals surface area contributed by atoms with Crippen LogP contribution in [0, 0.1) is 46.3 Å². The van der Waals surface area contributed by atoms with E-state index in [2.05, 4.69) is 51.0 Å². The number of carbonyl (C=O) groups excluding carboxylic acids is 1. The topological polar surface area (TPSA) is 99.2 Å². The SMILES string of the molecule is CC(C)CCC[C@@H](C)[C@H]1CC[C@H]2[C@@H]3CC=C4C[C@@H](OC(=O)Nc5ccc(Cn6ccc(N)nc6=O)cc5)CC[C@]4(C)[C@H]3CC[C@]12C. The number of nitrogens with one attached hydrogen (secondary N) is 1. The predicted molar refractivity (Wildman–Crippen MR) is 185 cm³/mol. The van der Waals surface area contributed by atoms with Gasteiger partial charge in [-0.1, -0.05) is 77.7 Å². The Morgan fingerprint density at radius 1 is 1.04 bits per heavy atom. The lowest BCUT2D eigenvalue weighted by Crippen LogP contribution is -2.51. The van der Waals surface area contributed by atoms with Gasteiger partial charge in [0.2, 0.25) is 0 Å². The van der Waals surface area contributed by atoms with Gasteiger partial charge in [0.05, 0.1) is 6.54 Å². The van der Waals surface area contributed by atoms with Crippen LogP contribution in [0.15, 0.2) is 53.0 Å². The van der Waals surface area contributed by atoms with Gasteiger partial charge in [0.1, 0.15) is 11.9 Å². The highest BCUT2D eigenvalue weighted by Crippen LogP contribution is 2.67. The average molecular weight is 629 g/mol. The third kappa shape index (κ3) is 6.53. The fourth-order valence-electron chi connectivity index (χ4n) is 10.5. The Hall–Kier alpha value is -3.09. The van der Waals surface area contributed by atoms with Gasteiger partial charge in [-0.25, -0.2) is 9.59 Å². The quantitative estimate of drug-likeness (QED) is 0.270. The van der Waals surface area contributed by atoms with Gasteiger partial charge in [0.15, 0.2) is 0 Å². The first-order valence-electron chi connectivity index (χ1n) is 18.1. The van der Waals surface area contributed by atoms with Gasteiger partial charge in [-0.15, -0.1) is 0 Å². The summed E-state index contributed by atoms with van der Waals surface area (Å²) >= 11 is 0. The first-order valence-corrected chi connectivity index (χ1v) is 18.1. The minimum atomic E-state index is -0.400. The maximum atomic E-state index is 12.9. The molecule has 0 radical (unpaired) electrons. The normalized spacial score (nSPS) is 32.6. The molecule has 1 aromatic carbocycles. The zero-order valence-electron chi connectivity index (χ0n) is 28.8. The lowest BCUT2D eigenvalue weighted by atomic mass is 9.47. The third-order valence-corrected chi connectivity index (χ3v) is 13.0. The fraction of sp³-hybridized carbons (Fsp3) is 0.667. The lowest BCUT2D eigenvalue weighted by Gasteiger charge is -2.58. The highest BCUT2D eigenvalue weighted by atomic mass is 16.6. The number of fused-ring (bicyclic) bond motifs is 5. The molecule has 3 saturated carbocycles. The van der Waals surface area contributed by atoms with E-state index in [4.69, 9.17) is 10.5 Å². The molecule has 7 heteroatoms. The van der Waals surface area contributed by atoms with Crippen molar-refractivity contribution in [2.24, 2.45) is 46.3 Å². The summed E-state index contributed by atoms with van der Waals surface area (Å²) in [4.78, 5) is 28.8. The monoisotopic (exact) mass is 628 g/mol. The smallest absolute Gasteiger partial charge is 0.411 e. The molecule has 0 spiro atoms. The van der Waals surface area contributed by atoms with E-state index < -0.39 is 6.09 Å². The molecule has 0 unspecified atom stereocenters. The van der Waals surface area contributed by atoms with Gasteiger partial charge >= 0.3 is 11.8 Å². The Bertz CT molecular complexity index is 1480. The van der Waals surface area contributed by atoms with Crippen molar-refractivity contribution in [3.63, 3.8) is 0 Å². The van der Waals surface area contributed by atoms with E-state index in [0.29, 0.717) is 17.6 Å². The predicted octanol–water partition coefficient (Wildman–Crippen LogP) is 8.83. The summed E-state index contributed by atoms with van der Waals surface area (Å²) in [5, 5.41) is 2.91. The molecular weight excluding hydrogens is 572 g/mol. The van der Waals surface area contributed by atoms with Crippen LogP contribution in [0.4, 0.5) is 16.3 Å². The molecule has 0 saturated heterocycles. The molecule has 1 amide bonds. The van der Waals surface area contributed by atoms with Crippen LogP contribution in [0.1, 0.15) is 111 Å². The van der Waals surface area contributed by atoms with Crippen LogP contribution in [-0.4, -0.2) is 21.7 Å². The minimum Gasteiger partial charge on any atom is -0.446 e. The Morgan fingerprint density at radius 3 is 2.57 bits per heavy atom. The number of nitrogens with zero attached hydrogens (tertiary/aromatic N) is 2. The zero-order chi connectivity index (χ0) is 32.6. The van der Waals surface area contributed by atoms with Crippen molar-refractivity contribution in [1.29, 1.82) is 0 Å². The molecule has 2 aromatic rings. The molecule has 3 fully saturated rings. The largest absolute Gasteiger partial charge is 0.446 e. The minimum absolute atomic E-state index is 0.0866. The molecule has 6 rings (SSSR count). The average Bonchev–Trinajstić information content (AvgIpc) is 3.37. The number of aromatic nitrogens is 2. The number of hydrogen-bond acceptors (Lipinski definition) is 5. The number of carbonyl (C=O) groups is 1. The summed E-state index contributed by atoms with van der Waals surface area (Å²) in [7, 11) is 0. The molecule has 1 aromatic heterocycles. The highest BCUT2D eigenvalue weighted by Gasteiger charge is 2.59. The number of nitrogens with two attached hydrogens (primary N) is 1. The fourth-order valence-corrected chi connectivity index (χ4v) is 10.5. The van der Waals surface area contributed by atoms with Crippen LogP contribution in [0.2, 0.25) is 0 Å². The van der Waals surface area contributed by atoms with E-state index >= 15 is 0 Å². The summed E-state index contributed by atoms with van der Waals surface area (Å²) in [6.45, 7) is 12.9. The van der Waals surface area contributed by atoms with E-state index in [1.165, 1.54) is 61.5 Å². The van der Waals surface area contributed by atoms with Crippen molar-refractivity contribution in [3.8, 4) is 0 Å². The number of allylic oxidation sites excluding steroid dienone is 1. The summed E-state index contributed by atoms with van der Waals surface area (Å²) in [6.07, 6.45) is 17.5. The molecule has 8 atom stereocenters. The van der Waals surface area contributed by atoms with Crippen molar-refractivity contribution in [3.05, 3.63) is 64.2 Å². The Balaban J connectivity index is 1.03. The molecular formula is C39H56N4O3. The second kappa shape index (κ2) is 13.2. The number of hydrogen-bond donors (Lipinski definition) is 2. The molecule has 7 nitrogen and oxygen atoms in total. The van der Waals surface area contributed by atoms with E-state index in [0.717, 1.165) is 60.3 Å². The van der Waals surface area contributed by atoms with Gasteiger partial charge < -0.3 is 10.5 Å². The maximum Gasteiger partial charge on any atom is 0.411 e. The van der Waals surface area contributed by atoms with E-state index in [1.54, 1.807) is 12.3 Å². The molecule has 1 heterocycles. The van der Waals surface area contributed by atoms with Crippen molar-refractivity contribution < 1.29 is 9.53 Å². The standard InChI is InChI=1S/C39H56N4O3/c1-25(2)7-6-8-26(3)32-15-16-33-31-14-11-28-23-30(17-20-38(28,4)34(31)18-21-39(32,33)5)46-37(45)41-29-12-9-27(10-13-29)24-43-22-19-35(40)42-36(43)44/h9-13,19,22,25-26,30-34H,6-8,14-18,20-21,23-24H2,1-5H3,(H,41,45)(H2,40,42,44)/t26-,30+,31+,32-,33+,34+,38+,39-/m1/s1.